The SMILES string of the molecule is CNC(=O)c1c(C)oc2cc(Oc3ccnn4cc(C(=O)N5CCCC5C)c(C)c34)ccc12. The van der Waals surface area contributed by atoms with Crippen molar-refractivity contribution in [2.45, 2.75) is 39.7 Å². The summed E-state index contributed by atoms with van der Waals surface area (Å²) in [5.74, 6) is 1.54. The first-order valence-electron chi connectivity index (χ1n) is 11.1. The topological polar surface area (TPSA) is 89.1 Å². The quantitative estimate of drug-likeness (QED) is 0.500. The van der Waals surface area contributed by atoms with Crippen molar-refractivity contribution in [2.24, 2.45) is 0 Å². The molecule has 33 heavy (non-hydrogen) atoms. The van der Waals surface area contributed by atoms with Crippen LogP contribution < -0.4 is 10.1 Å². The van der Waals surface area contributed by atoms with Crippen LogP contribution in [0.3, 0.4) is 0 Å². The molecule has 1 aromatic carbocycles. The summed E-state index contributed by atoms with van der Waals surface area (Å²) >= 11 is 0. The van der Waals surface area contributed by atoms with E-state index in [1.54, 1.807) is 49.1 Å². The number of carbonyl (C=O) groups excluding carboxylic acids is 2. The summed E-state index contributed by atoms with van der Waals surface area (Å²) in [7, 11) is 1.59. The number of likely N-dealkylation sites (tertiary alicyclic amines) is 1. The predicted octanol–water partition coefficient (Wildman–Crippen LogP) is 4.47. The summed E-state index contributed by atoms with van der Waals surface area (Å²) in [4.78, 5) is 27.3. The van der Waals surface area contributed by atoms with Crippen LogP contribution in [0.5, 0.6) is 11.5 Å². The Morgan fingerprint density at radius 2 is 2.06 bits per heavy atom. The number of aromatic nitrogens is 2. The zero-order valence-electron chi connectivity index (χ0n) is 19.1. The number of hydrogen-bond acceptors (Lipinski definition) is 5. The average molecular weight is 447 g/mol. The van der Waals surface area contributed by atoms with Gasteiger partial charge >= 0.3 is 0 Å². The van der Waals surface area contributed by atoms with E-state index >= 15 is 0 Å². The fraction of sp³-hybridized carbons (Fsp3) is 0.320. The van der Waals surface area contributed by atoms with Crippen molar-refractivity contribution >= 4 is 28.3 Å². The first-order valence-corrected chi connectivity index (χ1v) is 11.1. The van der Waals surface area contributed by atoms with Gasteiger partial charge in [0.25, 0.3) is 11.8 Å². The van der Waals surface area contributed by atoms with Crippen LogP contribution in [0.4, 0.5) is 0 Å². The van der Waals surface area contributed by atoms with Crippen molar-refractivity contribution in [3.8, 4) is 11.5 Å². The number of fused-ring (bicyclic) bond motifs is 2. The summed E-state index contributed by atoms with van der Waals surface area (Å²) in [5.41, 5.74) is 3.31. The van der Waals surface area contributed by atoms with Crippen molar-refractivity contribution in [2.75, 3.05) is 13.6 Å². The number of ether oxygens (including phenoxy) is 1. The lowest BCUT2D eigenvalue weighted by Crippen LogP contribution is -2.33. The van der Waals surface area contributed by atoms with E-state index in [1.807, 2.05) is 17.9 Å². The van der Waals surface area contributed by atoms with Gasteiger partial charge in [-0.2, -0.15) is 5.10 Å². The van der Waals surface area contributed by atoms with Gasteiger partial charge in [0, 0.05) is 43.4 Å². The van der Waals surface area contributed by atoms with Gasteiger partial charge in [-0.1, -0.05) is 0 Å². The molecule has 8 nitrogen and oxygen atoms in total. The minimum absolute atomic E-state index is 0.0307. The standard InChI is InChI=1S/C25H26N4O4/c1-14-6-5-11-28(14)25(31)19-13-29-23(15(19)2)20(9-10-27-29)33-17-7-8-18-21(12-17)32-16(3)22(18)24(30)26-4/h7-10,12-14H,5-6,11H2,1-4H3,(H,26,30). The van der Waals surface area contributed by atoms with Crippen molar-refractivity contribution in [3.63, 3.8) is 0 Å². The highest BCUT2D eigenvalue weighted by molar-refractivity contribution is 6.07. The number of hydrogen-bond donors (Lipinski definition) is 1. The third-order valence-corrected chi connectivity index (χ3v) is 6.45. The average Bonchev–Trinajstić information content (AvgIpc) is 3.47. The predicted molar refractivity (Wildman–Crippen MR) is 124 cm³/mol. The monoisotopic (exact) mass is 446 g/mol. The van der Waals surface area contributed by atoms with E-state index in [9.17, 15) is 9.59 Å². The molecule has 5 rings (SSSR count). The summed E-state index contributed by atoms with van der Waals surface area (Å²) in [6, 6.07) is 7.41. The Morgan fingerprint density at radius 3 is 2.79 bits per heavy atom. The van der Waals surface area contributed by atoms with Gasteiger partial charge in [-0.15, -0.1) is 0 Å². The Kier molecular flexibility index (Phi) is 5.08. The summed E-state index contributed by atoms with van der Waals surface area (Å²) in [6.07, 6.45) is 5.48. The molecule has 4 aromatic rings. The maximum absolute atomic E-state index is 13.2. The molecule has 0 saturated carbocycles. The number of benzene rings is 1. The van der Waals surface area contributed by atoms with Crippen LogP contribution in [0.1, 0.15) is 51.8 Å². The summed E-state index contributed by atoms with van der Waals surface area (Å²) < 4.78 is 13.7. The Bertz CT molecular complexity index is 1400. The molecule has 170 valence electrons. The highest BCUT2D eigenvalue weighted by Gasteiger charge is 2.29. The second kappa shape index (κ2) is 7.95. The zero-order chi connectivity index (χ0) is 23.3. The summed E-state index contributed by atoms with van der Waals surface area (Å²) in [5, 5.41) is 7.76. The first-order chi connectivity index (χ1) is 15.9. The van der Waals surface area contributed by atoms with Gasteiger partial charge in [-0.3, -0.25) is 9.59 Å². The van der Waals surface area contributed by atoms with E-state index in [0.717, 1.165) is 35.9 Å². The molecule has 1 N–H and O–H groups in total. The van der Waals surface area contributed by atoms with Crippen LogP contribution >= 0.6 is 0 Å². The molecule has 8 heteroatoms. The van der Waals surface area contributed by atoms with Gasteiger partial charge < -0.3 is 19.4 Å². The van der Waals surface area contributed by atoms with Gasteiger partial charge in [0.05, 0.1) is 17.3 Å². The molecular formula is C25H26N4O4. The van der Waals surface area contributed by atoms with E-state index in [2.05, 4.69) is 17.3 Å². The van der Waals surface area contributed by atoms with Crippen LogP contribution in [0.25, 0.3) is 16.5 Å². The van der Waals surface area contributed by atoms with E-state index < -0.39 is 0 Å². The van der Waals surface area contributed by atoms with Crippen LogP contribution in [-0.4, -0.2) is 46.0 Å². The number of amides is 2. The molecule has 2 amide bonds. The fourth-order valence-corrected chi connectivity index (χ4v) is 4.71. The third kappa shape index (κ3) is 3.42. The number of furan rings is 1. The van der Waals surface area contributed by atoms with Gasteiger partial charge in [0.1, 0.15) is 22.6 Å². The van der Waals surface area contributed by atoms with Crippen LogP contribution in [0, 0.1) is 13.8 Å². The normalized spacial score (nSPS) is 16.0. The lowest BCUT2D eigenvalue weighted by Gasteiger charge is -2.21. The van der Waals surface area contributed by atoms with E-state index in [0.29, 0.717) is 34.0 Å². The minimum atomic E-state index is -0.191. The smallest absolute Gasteiger partial charge is 0.256 e. The molecule has 1 saturated heterocycles. The van der Waals surface area contributed by atoms with Gasteiger partial charge in [0.2, 0.25) is 0 Å². The van der Waals surface area contributed by atoms with Crippen LogP contribution in [0.15, 0.2) is 41.1 Å². The number of nitrogens with one attached hydrogen (secondary N) is 1. The molecule has 1 aliphatic rings. The number of rotatable bonds is 4. The van der Waals surface area contributed by atoms with Crippen LogP contribution in [0.2, 0.25) is 0 Å². The van der Waals surface area contributed by atoms with E-state index in [1.165, 1.54) is 0 Å². The molecule has 1 unspecified atom stereocenters. The fourth-order valence-electron chi connectivity index (χ4n) is 4.71. The molecule has 1 atom stereocenters. The Hall–Kier alpha value is -3.81. The van der Waals surface area contributed by atoms with Crippen LogP contribution in [-0.2, 0) is 0 Å². The van der Waals surface area contributed by atoms with E-state index in [4.69, 9.17) is 9.15 Å². The third-order valence-electron chi connectivity index (χ3n) is 6.45. The number of aryl methyl sites for hydroxylation is 2. The minimum Gasteiger partial charge on any atom is -0.460 e. The molecule has 0 radical (unpaired) electrons. The Balaban J connectivity index is 1.52. The molecule has 4 heterocycles. The highest BCUT2D eigenvalue weighted by Crippen LogP contribution is 2.34. The van der Waals surface area contributed by atoms with Crippen molar-refractivity contribution in [1.29, 1.82) is 0 Å². The molecule has 1 fully saturated rings. The van der Waals surface area contributed by atoms with E-state index in [-0.39, 0.29) is 17.9 Å². The van der Waals surface area contributed by atoms with Crippen molar-refractivity contribution < 1.29 is 18.7 Å². The maximum atomic E-state index is 13.2. The molecule has 1 aliphatic heterocycles. The van der Waals surface area contributed by atoms with Crippen molar-refractivity contribution in [1.82, 2.24) is 19.8 Å². The second-order valence-corrected chi connectivity index (χ2v) is 8.52. The van der Waals surface area contributed by atoms with Crippen molar-refractivity contribution in [3.05, 3.63) is 59.1 Å². The summed E-state index contributed by atoms with van der Waals surface area (Å²) in [6.45, 7) is 6.56. The van der Waals surface area contributed by atoms with Gasteiger partial charge in [0.15, 0.2) is 5.75 Å². The first kappa shape index (κ1) is 21.1. The Labute approximate surface area is 191 Å². The molecule has 3 aromatic heterocycles. The number of nitrogens with zero attached hydrogens (tertiary/aromatic N) is 3. The largest absolute Gasteiger partial charge is 0.460 e. The maximum Gasteiger partial charge on any atom is 0.256 e. The highest BCUT2D eigenvalue weighted by atomic mass is 16.5. The lowest BCUT2D eigenvalue weighted by molar-refractivity contribution is 0.0746. The molecule has 0 spiro atoms. The Morgan fingerprint density at radius 1 is 1.24 bits per heavy atom. The van der Waals surface area contributed by atoms with Gasteiger partial charge in [-0.25, -0.2) is 4.52 Å². The zero-order valence-corrected chi connectivity index (χ0v) is 19.1. The molecule has 0 aliphatic carbocycles. The number of carbonyl (C=O) groups is 2. The molecule has 0 bridgehead atoms. The van der Waals surface area contributed by atoms with Gasteiger partial charge in [-0.05, 0) is 51.3 Å². The lowest BCUT2D eigenvalue weighted by atomic mass is 10.1. The molecular weight excluding hydrogens is 420 g/mol. The second-order valence-electron chi connectivity index (χ2n) is 8.52.